The highest BCUT2D eigenvalue weighted by molar-refractivity contribution is 4.70. The van der Waals surface area contributed by atoms with E-state index in [0.717, 1.165) is 0 Å². The second-order valence-electron chi connectivity index (χ2n) is 9.17. The quantitative estimate of drug-likeness (QED) is 0.114. The molecule has 0 aliphatic heterocycles. The second kappa shape index (κ2) is 25.6. The van der Waals surface area contributed by atoms with Gasteiger partial charge in [0.1, 0.15) is 0 Å². The Morgan fingerprint density at radius 1 is 0.483 bits per heavy atom. The predicted molar refractivity (Wildman–Crippen MR) is 133 cm³/mol. The first kappa shape index (κ1) is 28.5. The minimum Gasteiger partial charge on any atom is -0.498 e. The van der Waals surface area contributed by atoms with Crippen LogP contribution in [-0.2, 0) is 4.74 Å². The van der Waals surface area contributed by atoms with Crippen molar-refractivity contribution in [3.63, 3.8) is 0 Å². The Balaban J connectivity index is 3.36. The van der Waals surface area contributed by atoms with Gasteiger partial charge in [-0.3, -0.25) is 0 Å². The SMILES string of the molecule is C/C=C/OC(CCCCCC)CCCCCCCCCCCCCCCCCC. The summed E-state index contributed by atoms with van der Waals surface area (Å²) in [6.07, 6.45) is 35.3. The molecule has 29 heavy (non-hydrogen) atoms. The molecule has 1 nitrogen and oxygen atoms in total. The fraction of sp³-hybridized carbons (Fsp3) is 0.929. The lowest BCUT2D eigenvalue weighted by Crippen LogP contribution is -2.09. The van der Waals surface area contributed by atoms with Gasteiger partial charge in [-0.05, 0) is 32.6 Å². The van der Waals surface area contributed by atoms with E-state index in [-0.39, 0.29) is 0 Å². The van der Waals surface area contributed by atoms with E-state index in [9.17, 15) is 0 Å². The highest BCUT2D eigenvalue weighted by Crippen LogP contribution is 2.17. The van der Waals surface area contributed by atoms with E-state index < -0.39 is 0 Å². The molecule has 0 aliphatic carbocycles. The van der Waals surface area contributed by atoms with Crippen molar-refractivity contribution in [1.82, 2.24) is 0 Å². The van der Waals surface area contributed by atoms with Crippen LogP contribution in [0.3, 0.4) is 0 Å². The largest absolute Gasteiger partial charge is 0.498 e. The monoisotopic (exact) mass is 408 g/mol. The van der Waals surface area contributed by atoms with Crippen molar-refractivity contribution < 1.29 is 4.74 Å². The standard InChI is InChI=1S/C28H56O/c1-4-7-9-11-12-13-14-15-16-17-18-19-20-21-22-24-26-28(29-27-6-3)25-23-10-8-5-2/h6,27-28H,4-5,7-26H2,1-3H3/b27-6+. The molecule has 0 fully saturated rings. The maximum atomic E-state index is 5.92. The van der Waals surface area contributed by atoms with Crippen LogP contribution in [0.1, 0.15) is 162 Å². The van der Waals surface area contributed by atoms with Crippen LogP contribution in [0.25, 0.3) is 0 Å². The van der Waals surface area contributed by atoms with Crippen molar-refractivity contribution in [3.05, 3.63) is 12.3 Å². The summed E-state index contributed by atoms with van der Waals surface area (Å²) < 4.78 is 5.92. The van der Waals surface area contributed by atoms with Gasteiger partial charge in [-0.1, -0.05) is 135 Å². The predicted octanol–water partition coefficient (Wildman–Crippen LogP) is 10.5. The van der Waals surface area contributed by atoms with Crippen molar-refractivity contribution in [2.24, 2.45) is 0 Å². The Labute approximate surface area is 185 Å². The number of ether oxygens (including phenoxy) is 1. The molecule has 0 saturated heterocycles. The molecule has 0 aromatic carbocycles. The summed E-state index contributed by atoms with van der Waals surface area (Å²) in [5.74, 6) is 0. The summed E-state index contributed by atoms with van der Waals surface area (Å²) >= 11 is 0. The molecule has 0 radical (unpaired) electrons. The summed E-state index contributed by atoms with van der Waals surface area (Å²) in [5.41, 5.74) is 0. The van der Waals surface area contributed by atoms with Crippen LogP contribution in [-0.4, -0.2) is 6.10 Å². The Kier molecular flexibility index (Phi) is 25.2. The normalized spacial score (nSPS) is 12.7. The van der Waals surface area contributed by atoms with E-state index in [1.165, 1.54) is 141 Å². The van der Waals surface area contributed by atoms with Crippen LogP contribution < -0.4 is 0 Å². The molecule has 0 spiro atoms. The van der Waals surface area contributed by atoms with E-state index in [1.54, 1.807) is 0 Å². The molecule has 0 aromatic heterocycles. The number of hydrogen-bond acceptors (Lipinski definition) is 1. The number of unbranched alkanes of at least 4 members (excludes halogenated alkanes) is 18. The van der Waals surface area contributed by atoms with Crippen molar-refractivity contribution >= 4 is 0 Å². The average Bonchev–Trinajstić information content (AvgIpc) is 2.74. The van der Waals surface area contributed by atoms with E-state index in [4.69, 9.17) is 4.74 Å². The molecule has 1 heteroatoms. The summed E-state index contributed by atoms with van der Waals surface area (Å²) in [4.78, 5) is 0. The summed E-state index contributed by atoms with van der Waals surface area (Å²) in [6, 6.07) is 0. The lowest BCUT2D eigenvalue weighted by molar-refractivity contribution is 0.120. The minimum absolute atomic E-state index is 0.453. The van der Waals surface area contributed by atoms with E-state index in [1.807, 2.05) is 19.3 Å². The van der Waals surface area contributed by atoms with Gasteiger partial charge in [0.15, 0.2) is 0 Å². The van der Waals surface area contributed by atoms with Crippen LogP contribution >= 0.6 is 0 Å². The van der Waals surface area contributed by atoms with Crippen LogP contribution in [0, 0.1) is 0 Å². The van der Waals surface area contributed by atoms with Gasteiger partial charge in [0.2, 0.25) is 0 Å². The molecule has 0 aromatic rings. The molecule has 0 N–H and O–H groups in total. The third kappa shape index (κ3) is 23.7. The molecular weight excluding hydrogens is 352 g/mol. The van der Waals surface area contributed by atoms with Gasteiger partial charge < -0.3 is 4.74 Å². The first-order chi connectivity index (χ1) is 14.3. The molecule has 1 unspecified atom stereocenters. The van der Waals surface area contributed by atoms with Crippen LogP contribution in [0.5, 0.6) is 0 Å². The summed E-state index contributed by atoms with van der Waals surface area (Å²) in [5, 5.41) is 0. The second-order valence-corrected chi connectivity index (χ2v) is 9.17. The molecule has 1 atom stereocenters. The van der Waals surface area contributed by atoms with Crippen molar-refractivity contribution in [2.75, 3.05) is 0 Å². The fourth-order valence-electron chi connectivity index (χ4n) is 4.19. The maximum Gasteiger partial charge on any atom is 0.0978 e. The molecule has 0 saturated carbocycles. The number of rotatable bonds is 24. The van der Waals surface area contributed by atoms with Gasteiger partial charge in [-0.15, -0.1) is 0 Å². The zero-order valence-corrected chi connectivity index (χ0v) is 20.7. The van der Waals surface area contributed by atoms with Gasteiger partial charge in [-0.25, -0.2) is 0 Å². The average molecular weight is 409 g/mol. The Morgan fingerprint density at radius 2 is 0.793 bits per heavy atom. The van der Waals surface area contributed by atoms with Gasteiger partial charge >= 0.3 is 0 Å². The molecule has 0 aliphatic rings. The third-order valence-corrected chi connectivity index (χ3v) is 6.17. The first-order valence-electron chi connectivity index (χ1n) is 13.6. The van der Waals surface area contributed by atoms with Gasteiger partial charge in [0.25, 0.3) is 0 Å². The number of hydrogen-bond donors (Lipinski definition) is 0. The molecule has 174 valence electrons. The fourth-order valence-corrected chi connectivity index (χ4v) is 4.19. The van der Waals surface area contributed by atoms with Gasteiger partial charge in [-0.2, -0.15) is 0 Å². The molecule has 0 heterocycles. The summed E-state index contributed by atoms with van der Waals surface area (Å²) in [7, 11) is 0. The molecule has 0 bridgehead atoms. The van der Waals surface area contributed by atoms with Gasteiger partial charge in [0.05, 0.1) is 12.4 Å². The maximum absolute atomic E-state index is 5.92. The highest BCUT2D eigenvalue weighted by Gasteiger charge is 2.07. The molecule has 0 amide bonds. The highest BCUT2D eigenvalue weighted by atomic mass is 16.5. The lowest BCUT2D eigenvalue weighted by atomic mass is 10.0. The smallest absolute Gasteiger partial charge is 0.0978 e. The first-order valence-corrected chi connectivity index (χ1v) is 13.6. The Morgan fingerprint density at radius 3 is 1.14 bits per heavy atom. The third-order valence-electron chi connectivity index (χ3n) is 6.17. The zero-order chi connectivity index (χ0) is 21.3. The Hall–Kier alpha value is -0.460. The van der Waals surface area contributed by atoms with Crippen LogP contribution in [0.15, 0.2) is 12.3 Å². The topological polar surface area (TPSA) is 9.23 Å². The van der Waals surface area contributed by atoms with E-state index >= 15 is 0 Å². The molecule has 0 rings (SSSR count). The van der Waals surface area contributed by atoms with Crippen molar-refractivity contribution in [2.45, 2.75) is 168 Å². The Bertz CT molecular complexity index is 309. The van der Waals surface area contributed by atoms with Gasteiger partial charge in [0, 0.05) is 0 Å². The molecular formula is C28H56O. The van der Waals surface area contributed by atoms with Crippen LogP contribution in [0.2, 0.25) is 0 Å². The van der Waals surface area contributed by atoms with Crippen molar-refractivity contribution in [3.8, 4) is 0 Å². The number of allylic oxidation sites excluding steroid dienone is 1. The lowest BCUT2D eigenvalue weighted by Gasteiger charge is -2.16. The van der Waals surface area contributed by atoms with Crippen molar-refractivity contribution in [1.29, 1.82) is 0 Å². The summed E-state index contributed by atoms with van der Waals surface area (Å²) in [6.45, 7) is 6.63. The zero-order valence-electron chi connectivity index (χ0n) is 20.7. The van der Waals surface area contributed by atoms with Crippen LogP contribution in [0.4, 0.5) is 0 Å². The van der Waals surface area contributed by atoms with E-state index in [0.29, 0.717) is 6.10 Å². The minimum atomic E-state index is 0.453. The van der Waals surface area contributed by atoms with E-state index in [2.05, 4.69) is 13.8 Å².